The Balaban J connectivity index is 1.65. The zero-order valence-corrected chi connectivity index (χ0v) is 13.0. The summed E-state index contributed by atoms with van der Waals surface area (Å²) in [6, 6.07) is 19.3. The van der Waals surface area contributed by atoms with Crippen molar-refractivity contribution in [1.82, 2.24) is 4.98 Å². The van der Waals surface area contributed by atoms with Gasteiger partial charge in [-0.25, -0.2) is 4.98 Å². The van der Waals surface area contributed by atoms with E-state index in [-0.39, 0.29) is 11.7 Å². The summed E-state index contributed by atoms with van der Waals surface area (Å²) in [5, 5.41) is 14.7. The smallest absolute Gasteiger partial charge is 0.234 e. The third-order valence-electron chi connectivity index (χ3n) is 3.26. The summed E-state index contributed by atoms with van der Waals surface area (Å²) in [6.07, 6.45) is 1.62. The molecule has 4 nitrogen and oxygen atoms in total. The van der Waals surface area contributed by atoms with Gasteiger partial charge in [0.1, 0.15) is 11.1 Å². The van der Waals surface area contributed by atoms with Crippen molar-refractivity contribution in [2.45, 2.75) is 5.03 Å². The Kier molecular flexibility index (Phi) is 4.55. The van der Waals surface area contributed by atoms with E-state index in [2.05, 4.69) is 16.4 Å². The van der Waals surface area contributed by atoms with Crippen LogP contribution in [0.2, 0.25) is 0 Å². The summed E-state index contributed by atoms with van der Waals surface area (Å²) < 4.78 is 0. The number of anilines is 1. The van der Waals surface area contributed by atoms with Crippen molar-refractivity contribution in [3.05, 3.63) is 66.4 Å². The molecule has 5 heteroatoms. The highest BCUT2D eigenvalue weighted by Crippen LogP contribution is 2.21. The first-order valence-corrected chi connectivity index (χ1v) is 8.01. The van der Waals surface area contributed by atoms with Crippen LogP contribution in [0.1, 0.15) is 5.56 Å². The van der Waals surface area contributed by atoms with Crippen LogP contribution in [-0.4, -0.2) is 16.6 Å². The highest BCUT2D eigenvalue weighted by molar-refractivity contribution is 8.00. The molecule has 2 aromatic carbocycles. The summed E-state index contributed by atoms with van der Waals surface area (Å²) in [4.78, 5) is 16.2. The van der Waals surface area contributed by atoms with Gasteiger partial charge in [0.25, 0.3) is 0 Å². The van der Waals surface area contributed by atoms with Crippen LogP contribution >= 0.6 is 11.8 Å². The minimum Gasteiger partial charge on any atom is -0.325 e. The number of nitriles is 1. The number of benzene rings is 2. The minimum absolute atomic E-state index is 0.125. The molecule has 1 heterocycles. The van der Waals surface area contributed by atoms with E-state index in [1.807, 2.05) is 42.5 Å². The van der Waals surface area contributed by atoms with Crippen molar-refractivity contribution in [3.8, 4) is 6.07 Å². The van der Waals surface area contributed by atoms with Gasteiger partial charge in [-0.05, 0) is 35.0 Å². The maximum atomic E-state index is 12.1. The molecule has 0 fully saturated rings. The van der Waals surface area contributed by atoms with Gasteiger partial charge in [-0.3, -0.25) is 4.79 Å². The predicted octanol–water partition coefficient (Wildman–Crippen LogP) is 3.84. The molecule has 0 aliphatic carbocycles. The van der Waals surface area contributed by atoms with Gasteiger partial charge in [0, 0.05) is 11.9 Å². The van der Waals surface area contributed by atoms with E-state index in [4.69, 9.17) is 5.26 Å². The van der Waals surface area contributed by atoms with Crippen LogP contribution in [0.4, 0.5) is 5.69 Å². The van der Waals surface area contributed by atoms with Crippen molar-refractivity contribution < 1.29 is 4.79 Å². The number of nitrogens with zero attached hydrogens (tertiary/aromatic N) is 2. The molecule has 112 valence electrons. The molecule has 23 heavy (non-hydrogen) atoms. The van der Waals surface area contributed by atoms with Crippen LogP contribution in [0.15, 0.2) is 65.8 Å². The highest BCUT2D eigenvalue weighted by Gasteiger charge is 2.08. The molecule has 0 saturated carbocycles. The number of hydrogen-bond acceptors (Lipinski definition) is 4. The molecule has 0 aliphatic rings. The van der Waals surface area contributed by atoms with Crippen LogP contribution in [0, 0.1) is 11.3 Å². The number of pyridine rings is 1. The number of amides is 1. The molecule has 0 unspecified atom stereocenters. The molecule has 0 saturated heterocycles. The van der Waals surface area contributed by atoms with Gasteiger partial charge in [0.05, 0.1) is 11.3 Å². The van der Waals surface area contributed by atoms with E-state index in [0.717, 1.165) is 16.5 Å². The first kappa shape index (κ1) is 15.1. The van der Waals surface area contributed by atoms with E-state index >= 15 is 0 Å². The lowest BCUT2D eigenvalue weighted by atomic mass is 10.1. The molecule has 0 bridgehead atoms. The van der Waals surface area contributed by atoms with Crippen LogP contribution < -0.4 is 5.32 Å². The quantitative estimate of drug-likeness (QED) is 0.742. The van der Waals surface area contributed by atoms with Crippen molar-refractivity contribution in [2.75, 3.05) is 11.1 Å². The highest BCUT2D eigenvalue weighted by atomic mass is 32.2. The van der Waals surface area contributed by atoms with Crippen molar-refractivity contribution >= 4 is 34.1 Å². The zero-order valence-electron chi connectivity index (χ0n) is 12.2. The van der Waals surface area contributed by atoms with E-state index < -0.39 is 0 Å². The Morgan fingerprint density at radius 2 is 1.96 bits per heavy atom. The van der Waals surface area contributed by atoms with Crippen LogP contribution in [0.3, 0.4) is 0 Å². The second kappa shape index (κ2) is 6.95. The summed E-state index contributed by atoms with van der Waals surface area (Å²) in [6.45, 7) is 0. The lowest BCUT2D eigenvalue weighted by Crippen LogP contribution is -2.14. The minimum atomic E-state index is -0.125. The number of thioether (sulfide) groups is 1. The van der Waals surface area contributed by atoms with Crippen molar-refractivity contribution in [3.63, 3.8) is 0 Å². The molecule has 0 radical (unpaired) electrons. The molecule has 1 amide bonds. The van der Waals surface area contributed by atoms with E-state index in [0.29, 0.717) is 10.6 Å². The van der Waals surface area contributed by atoms with E-state index in [1.165, 1.54) is 11.8 Å². The predicted molar refractivity (Wildman–Crippen MR) is 92.3 cm³/mol. The Morgan fingerprint density at radius 1 is 1.13 bits per heavy atom. The first-order chi connectivity index (χ1) is 11.3. The lowest BCUT2D eigenvalue weighted by molar-refractivity contribution is -0.113. The van der Waals surface area contributed by atoms with Crippen molar-refractivity contribution in [2.24, 2.45) is 0 Å². The molecule has 3 aromatic rings. The van der Waals surface area contributed by atoms with Gasteiger partial charge < -0.3 is 5.32 Å². The number of aromatic nitrogens is 1. The molecular weight excluding hydrogens is 306 g/mol. The lowest BCUT2D eigenvalue weighted by Gasteiger charge is -2.07. The molecule has 0 spiro atoms. The fraction of sp³-hybridized carbons (Fsp3) is 0.0556. The average molecular weight is 319 g/mol. The second-order valence-corrected chi connectivity index (χ2v) is 5.83. The Hall–Kier alpha value is -2.84. The van der Waals surface area contributed by atoms with E-state index in [1.54, 1.807) is 18.3 Å². The Labute approximate surface area is 138 Å². The van der Waals surface area contributed by atoms with Gasteiger partial charge in [-0.2, -0.15) is 5.26 Å². The number of nitrogens with one attached hydrogen (secondary N) is 1. The van der Waals surface area contributed by atoms with Gasteiger partial charge >= 0.3 is 0 Å². The Morgan fingerprint density at radius 3 is 2.78 bits per heavy atom. The molecule has 0 aliphatic heterocycles. The summed E-state index contributed by atoms with van der Waals surface area (Å²) in [5.74, 6) is 0.0817. The topological polar surface area (TPSA) is 65.8 Å². The monoisotopic (exact) mass is 319 g/mol. The maximum absolute atomic E-state index is 12.1. The molecular formula is C18H13N3OS. The van der Waals surface area contributed by atoms with Crippen LogP contribution in [-0.2, 0) is 4.79 Å². The molecule has 3 rings (SSSR count). The van der Waals surface area contributed by atoms with Gasteiger partial charge in [0.15, 0.2) is 0 Å². The summed E-state index contributed by atoms with van der Waals surface area (Å²) in [7, 11) is 0. The second-order valence-electron chi connectivity index (χ2n) is 4.87. The maximum Gasteiger partial charge on any atom is 0.234 e. The number of hydrogen-bond donors (Lipinski definition) is 1. The number of carbonyl (C=O) groups is 1. The van der Waals surface area contributed by atoms with Gasteiger partial charge in [-0.15, -0.1) is 0 Å². The number of carbonyl (C=O) groups excluding carboxylic acids is 1. The SMILES string of the molecule is N#Cc1cccnc1SCC(=O)Nc1ccc2ccccc2c1. The van der Waals surface area contributed by atoms with Crippen LogP contribution in [0.5, 0.6) is 0 Å². The van der Waals surface area contributed by atoms with E-state index in [9.17, 15) is 4.79 Å². The van der Waals surface area contributed by atoms with Gasteiger partial charge in [-0.1, -0.05) is 42.1 Å². The third kappa shape index (κ3) is 3.68. The number of rotatable bonds is 4. The summed E-state index contributed by atoms with van der Waals surface area (Å²) in [5.41, 5.74) is 1.24. The fourth-order valence-corrected chi connectivity index (χ4v) is 2.93. The zero-order chi connectivity index (χ0) is 16.1. The standard InChI is InChI=1S/C18H13N3OS/c19-11-15-6-3-9-20-18(15)23-12-17(22)21-16-8-7-13-4-1-2-5-14(13)10-16/h1-10H,12H2,(H,21,22). The normalized spacial score (nSPS) is 10.2. The largest absolute Gasteiger partial charge is 0.325 e. The first-order valence-electron chi connectivity index (χ1n) is 7.03. The number of fused-ring (bicyclic) bond motifs is 1. The summed E-state index contributed by atoms with van der Waals surface area (Å²) >= 11 is 1.26. The molecule has 1 aromatic heterocycles. The third-order valence-corrected chi connectivity index (χ3v) is 4.27. The Bertz CT molecular complexity index is 902. The fourth-order valence-electron chi connectivity index (χ4n) is 2.19. The van der Waals surface area contributed by atoms with Crippen LogP contribution in [0.25, 0.3) is 10.8 Å². The molecule has 0 atom stereocenters. The van der Waals surface area contributed by atoms with Crippen molar-refractivity contribution in [1.29, 1.82) is 5.26 Å². The van der Waals surface area contributed by atoms with Gasteiger partial charge in [0.2, 0.25) is 5.91 Å². The average Bonchev–Trinajstić information content (AvgIpc) is 2.60. The molecule has 1 N–H and O–H groups in total.